The highest BCUT2D eigenvalue weighted by molar-refractivity contribution is 7.15. The molecule has 0 spiro atoms. The SMILES string of the molecule is Cc1c(-c2nc3c(s2)CCCC3)nn(-c2ccc(Cl)cc2Cl)c1-c1ccc(Cl)cc1. The fourth-order valence-electron chi connectivity index (χ4n) is 3.93. The molecule has 2 aromatic heterocycles. The summed E-state index contributed by atoms with van der Waals surface area (Å²) in [6.07, 6.45) is 4.61. The first-order valence-electron chi connectivity index (χ1n) is 9.81. The maximum absolute atomic E-state index is 6.56. The molecule has 0 N–H and O–H groups in total. The number of nitrogens with zero attached hydrogens (tertiary/aromatic N) is 3. The zero-order chi connectivity index (χ0) is 20.8. The third-order valence-electron chi connectivity index (χ3n) is 5.43. The fourth-order valence-corrected chi connectivity index (χ4v) is 5.73. The van der Waals surface area contributed by atoms with Crippen LogP contribution in [0.2, 0.25) is 15.1 Å². The first-order valence-corrected chi connectivity index (χ1v) is 11.8. The molecule has 0 saturated carbocycles. The molecular formula is C23H18Cl3N3S. The Hall–Kier alpha value is -1.85. The van der Waals surface area contributed by atoms with E-state index in [0.29, 0.717) is 15.1 Å². The monoisotopic (exact) mass is 473 g/mol. The Morgan fingerprint density at radius 3 is 2.40 bits per heavy atom. The van der Waals surface area contributed by atoms with E-state index in [1.165, 1.54) is 23.4 Å². The molecule has 2 aromatic carbocycles. The van der Waals surface area contributed by atoms with Crippen molar-refractivity contribution in [2.45, 2.75) is 32.6 Å². The van der Waals surface area contributed by atoms with Crippen molar-refractivity contribution < 1.29 is 0 Å². The van der Waals surface area contributed by atoms with Gasteiger partial charge in [-0.2, -0.15) is 5.10 Å². The Labute approximate surface area is 194 Å². The topological polar surface area (TPSA) is 30.7 Å². The van der Waals surface area contributed by atoms with Crippen molar-refractivity contribution in [3.8, 4) is 27.6 Å². The molecule has 30 heavy (non-hydrogen) atoms. The summed E-state index contributed by atoms with van der Waals surface area (Å²) in [5, 5.41) is 7.79. The van der Waals surface area contributed by atoms with Crippen LogP contribution in [0.15, 0.2) is 42.5 Å². The summed E-state index contributed by atoms with van der Waals surface area (Å²) in [4.78, 5) is 6.33. The van der Waals surface area contributed by atoms with Crippen LogP contribution in [0.25, 0.3) is 27.6 Å². The smallest absolute Gasteiger partial charge is 0.144 e. The summed E-state index contributed by atoms with van der Waals surface area (Å²) < 4.78 is 1.90. The molecule has 0 amide bonds. The predicted octanol–water partition coefficient (Wildman–Crippen LogP) is 7.81. The van der Waals surface area contributed by atoms with E-state index in [-0.39, 0.29) is 0 Å². The van der Waals surface area contributed by atoms with E-state index in [1.54, 1.807) is 17.4 Å². The number of aromatic nitrogens is 3. The van der Waals surface area contributed by atoms with E-state index in [9.17, 15) is 0 Å². The van der Waals surface area contributed by atoms with Crippen LogP contribution in [0.4, 0.5) is 0 Å². The molecule has 2 heterocycles. The Balaban J connectivity index is 1.73. The van der Waals surface area contributed by atoms with Crippen molar-refractivity contribution in [2.75, 3.05) is 0 Å². The van der Waals surface area contributed by atoms with Gasteiger partial charge in [0, 0.05) is 26.0 Å². The summed E-state index contributed by atoms with van der Waals surface area (Å²) in [7, 11) is 0. The minimum atomic E-state index is 0.546. The summed E-state index contributed by atoms with van der Waals surface area (Å²) in [5.41, 5.74) is 5.95. The van der Waals surface area contributed by atoms with E-state index < -0.39 is 0 Å². The van der Waals surface area contributed by atoms with E-state index in [0.717, 1.165) is 46.1 Å². The molecule has 0 radical (unpaired) electrons. The number of aryl methyl sites for hydroxylation is 2. The van der Waals surface area contributed by atoms with Gasteiger partial charge >= 0.3 is 0 Å². The van der Waals surface area contributed by atoms with Crippen molar-refractivity contribution >= 4 is 46.1 Å². The minimum absolute atomic E-state index is 0.546. The van der Waals surface area contributed by atoms with Crippen LogP contribution < -0.4 is 0 Å². The lowest BCUT2D eigenvalue weighted by Gasteiger charge is -2.11. The van der Waals surface area contributed by atoms with Crippen LogP contribution in [0.3, 0.4) is 0 Å². The molecule has 7 heteroatoms. The molecule has 0 bridgehead atoms. The molecular weight excluding hydrogens is 457 g/mol. The number of rotatable bonds is 3. The lowest BCUT2D eigenvalue weighted by Crippen LogP contribution is -2.00. The summed E-state index contributed by atoms with van der Waals surface area (Å²) >= 11 is 20.6. The fraction of sp³-hybridized carbons (Fsp3) is 0.217. The maximum Gasteiger partial charge on any atom is 0.144 e. The van der Waals surface area contributed by atoms with E-state index >= 15 is 0 Å². The third kappa shape index (κ3) is 3.56. The van der Waals surface area contributed by atoms with E-state index in [2.05, 4.69) is 6.92 Å². The zero-order valence-electron chi connectivity index (χ0n) is 16.3. The van der Waals surface area contributed by atoms with Gasteiger partial charge < -0.3 is 0 Å². The van der Waals surface area contributed by atoms with Crippen molar-refractivity contribution in [1.29, 1.82) is 0 Å². The van der Waals surface area contributed by atoms with Crippen LogP contribution >= 0.6 is 46.1 Å². The van der Waals surface area contributed by atoms with E-state index in [4.69, 9.17) is 44.9 Å². The molecule has 152 valence electrons. The Morgan fingerprint density at radius 1 is 0.933 bits per heavy atom. The second-order valence-corrected chi connectivity index (χ2v) is 9.80. The lowest BCUT2D eigenvalue weighted by molar-refractivity contribution is 0.682. The summed E-state index contributed by atoms with van der Waals surface area (Å²) in [6.45, 7) is 2.09. The largest absolute Gasteiger partial charge is 0.239 e. The number of fused-ring (bicyclic) bond motifs is 1. The molecule has 1 aliphatic rings. The third-order valence-corrected chi connectivity index (χ3v) is 7.38. The highest BCUT2D eigenvalue weighted by atomic mass is 35.5. The van der Waals surface area contributed by atoms with Gasteiger partial charge in [0.25, 0.3) is 0 Å². The number of thiazole rings is 1. The van der Waals surface area contributed by atoms with Crippen molar-refractivity contribution in [3.05, 3.63) is 73.7 Å². The van der Waals surface area contributed by atoms with Crippen molar-refractivity contribution in [2.24, 2.45) is 0 Å². The van der Waals surface area contributed by atoms with Crippen LogP contribution in [0.5, 0.6) is 0 Å². The van der Waals surface area contributed by atoms with Crippen LogP contribution in [-0.4, -0.2) is 14.8 Å². The Bertz CT molecular complexity index is 1220. The molecule has 0 atom stereocenters. The molecule has 1 aliphatic carbocycles. The van der Waals surface area contributed by atoms with Gasteiger partial charge in [-0.3, -0.25) is 0 Å². The number of hydrogen-bond donors (Lipinski definition) is 0. The van der Waals surface area contributed by atoms with Gasteiger partial charge in [0.05, 0.1) is 22.1 Å². The van der Waals surface area contributed by atoms with Crippen LogP contribution in [-0.2, 0) is 12.8 Å². The molecule has 5 rings (SSSR count). The summed E-state index contributed by atoms with van der Waals surface area (Å²) in [6, 6.07) is 13.2. The highest BCUT2D eigenvalue weighted by Gasteiger charge is 2.24. The lowest BCUT2D eigenvalue weighted by atomic mass is 10.0. The second kappa shape index (κ2) is 8.01. The molecule has 0 saturated heterocycles. The molecule has 3 nitrogen and oxygen atoms in total. The van der Waals surface area contributed by atoms with Gasteiger partial charge in [-0.05, 0) is 62.9 Å². The average molecular weight is 475 g/mol. The van der Waals surface area contributed by atoms with Crippen LogP contribution in [0, 0.1) is 6.92 Å². The zero-order valence-corrected chi connectivity index (χ0v) is 19.3. The molecule has 0 fully saturated rings. The summed E-state index contributed by atoms with van der Waals surface area (Å²) in [5.74, 6) is 0. The number of hydrogen-bond acceptors (Lipinski definition) is 3. The normalized spacial score (nSPS) is 13.5. The minimum Gasteiger partial charge on any atom is -0.239 e. The first kappa shape index (κ1) is 20.1. The molecule has 0 unspecified atom stereocenters. The van der Waals surface area contributed by atoms with Crippen molar-refractivity contribution in [3.63, 3.8) is 0 Å². The van der Waals surface area contributed by atoms with Gasteiger partial charge in [0.15, 0.2) is 0 Å². The van der Waals surface area contributed by atoms with E-state index in [1.807, 2.05) is 41.1 Å². The first-order chi connectivity index (χ1) is 14.5. The van der Waals surface area contributed by atoms with Crippen LogP contribution in [0.1, 0.15) is 29.0 Å². The molecule has 4 aromatic rings. The average Bonchev–Trinajstić information content (AvgIpc) is 3.30. The van der Waals surface area contributed by atoms with Gasteiger partial charge in [0.2, 0.25) is 0 Å². The Kier molecular flexibility index (Phi) is 5.36. The van der Waals surface area contributed by atoms with Gasteiger partial charge in [-0.25, -0.2) is 9.67 Å². The Morgan fingerprint density at radius 2 is 1.67 bits per heavy atom. The van der Waals surface area contributed by atoms with Gasteiger partial charge in [-0.1, -0.05) is 46.9 Å². The number of halogens is 3. The molecule has 0 aliphatic heterocycles. The quantitative estimate of drug-likeness (QED) is 0.303. The predicted molar refractivity (Wildman–Crippen MR) is 127 cm³/mol. The highest BCUT2D eigenvalue weighted by Crippen LogP contribution is 2.39. The van der Waals surface area contributed by atoms with Crippen molar-refractivity contribution in [1.82, 2.24) is 14.8 Å². The second-order valence-electron chi connectivity index (χ2n) is 7.43. The maximum atomic E-state index is 6.56. The number of benzene rings is 2. The van der Waals surface area contributed by atoms with Gasteiger partial charge in [0.1, 0.15) is 10.7 Å². The standard InChI is InChI=1S/C23H18Cl3N3S/c1-13-21(23-27-18-4-2-3-5-20(18)30-23)28-29(19-11-10-16(25)12-17(19)26)22(13)14-6-8-15(24)9-7-14/h6-12H,2-5H2,1H3. The van der Waals surface area contributed by atoms with Gasteiger partial charge in [-0.15, -0.1) is 11.3 Å².